The number of ether oxygens (including phenoxy) is 2. The third-order valence-electron chi connectivity index (χ3n) is 8.09. The summed E-state index contributed by atoms with van der Waals surface area (Å²) in [5.41, 5.74) is 4.51. The highest BCUT2D eigenvalue weighted by Gasteiger charge is 2.13. The summed E-state index contributed by atoms with van der Waals surface area (Å²) in [6.45, 7) is 2.45. The molecule has 4 aromatic rings. The van der Waals surface area contributed by atoms with Gasteiger partial charge in [-0.15, -0.1) is 0 Å². The number of aromatic hydroxyl groups is 1. The molecule has 0 aliphatic rings. The van der Waals surface area contributed by atoms with Crippen LogP contribution >= 0.6 is 0 Å². The van der Waals surface area contributed by atoms with Crippen molar-refractivity contribution in [1.82, 2.24) is 0 Å². The Morgan fingerprint density at radius 2 is 1.56 bits per heavy atom. The normalized spacial score (nSPS) is 11.9. The largest absolute Gasteiger partial charge is 0.508 e. The first-order chi connectivity index (χ1) is 20.9. The van der Waals surface area contributed by atoms with E-state index < -0.39 is 6.10 Å². The summed E-state index contributed by atoms with van der Waals surface area (Å²) in [5, 5.41) is 22.5. The summed E-state index contributed by atoms with van der Waals surface area (Å²) in [4.78, 5) is 12.6. The second kappa shape index (κ2) is 16.7. The molecule has 0 amide bonds. The van der Waals surface area contributed by atoms with E-state index in [2.05, 4.69) is 43.3 Å². The maximum atomic E-state index is 12.6. The highest BCUT2D eigenvalue weighted by molar-refractivity contribution is 5.87. The Balaban J connectivity index is 1.19. The zero-order valence-electron chi connectivity index (χ0n) is 25.7. The van der Waals surface area contributed by atoms with Crippen LogP contribution < -0.4 is 9.47 Å². The molecule has 5 nitrogen and oxygen atoms in total. The van der Waals surface area contributed by atoms with E-state index in [0.717, 1.165) is 53.1 Å². The number of carbonyl (C=O) groups excluding carboxylic acids is 1. The first-order valence-corrected chi connectivity index (χ1v) is 15.7. The van der Waals surface area contributed by atoms with Gasteiger partial charge in [-0.05, 0) is 95.5 Å². The molecule has 0 fully saturated rings. The van der Waals surface area contributed by atoms with Gasteiger partial charge in [0.25, 0.3) is 0 Å². The standard InChI is InChI=1S/C38H46O5/c1-3-31-24-35(41)25-32-19-16-30(22-36(31)32)27-43-38-23-29(18-21-37(38)42-2)17-20-34(40)26-33(39)15-11-6-4-5-8-12-28-13-9-7-10-14-28/h7,9-10,13-14,16,18-19,21-25,33,39,41H,3-6,8,11-12,15,17,20,26-27H2,1-2H3. The summed E-state index contributed by atoms with van der Waals surface area (Å²) < 4.78 is 11.7. The van der Waals surface area contributed by atoms with Crippen LogP contribution in [0.3, 0.4) is 0 Å². The quantitative estimate of drug-likeness (QED) is 0.115. The lowest BCUT2D eigenvalue weighted by Gasteiger charge is -2.14. The third kappa shape index (κ3) is 10.1. The number of rotatable bonds is 18. The van der Waals surface area contributed by atoms with Crippen LogP contribution in [-0.2, 0) is 30.7 Å². The van der Waals surface area contributed by atoms with E-state index in [0.29, 0.717) is 37.4 Å². The second-order valence-corrected chi connectivity index (χ2v) is 11.5. The summed E-state index contributed by atoms with van der Waals surface area (Å²) in [5.74, 6) is 1.65. The number of carbonyl (C=O) groups is 1. The number of hydrogen-bond acceptors (Lipinski definition) is 5. The van der Waals surface area contributed by atoms with Gasteiger partial charge in [0.2, 0.25) is 0 Å². The molecule has 0 spiro atoms. The molecule has 4 rings (SSSR count). The van der Waals surface area contributed by atoms with E-state index in [1.165, 1.54) is 24.8 Å². The molecule has 4 aromatic carbocycles. The van der Waals surface area contributed by atoms with Gasteiger partial charge in [0, 0.05) is 12.8 Å². The van der Waals surface area contributed by atoms with E-state index in [1.807, 2.05) is 36.4 Å². The Labute approximate surface area is 256 Å². The molecule has 2 N–H and O–H groups in total. The van der Waals surface area contributed by atoms with Crippen molar-refractivity contribution in [3.63, 3.8) is 0 Å². The second-order valence-electron chi connectivity index (χ2n) is 11.5. The third-order valence-corrected chi connectivity index (χ3v) is 8.09. The average molecular weight is 583 g/mol. The predicted molar refractivity (Wildman–Crippen MR) is 174 cm³/mol. The minimum Gasteiger partial charge on any atom is -0.508 e. The molecule has 5 heteroatoms. The highest BCUT2D eigenvalue weighted by Crippen LogP contribution is 2.31. The molecule has 0 saturated carbocycles. The van der Waals surface area contributed by atoms with E-state index in [-0.39, 0.29) is 18.0 Å². The van der Waals surface area contributed by atoms with Crippen LogP contribution in [0, 0.1) is 0 Å². The molecule has 0 bridgehead atoms. The summed E-state index contributed by atoms with van der Waals surface area (Å²) >= 11 is 0. The van der Waals surface area contributed by atoms with Crippen molar-refractivity contribution in [3.8, 4) is 17.2 Å². The predicted octanol–water partition coefficient (Wildman–Crippen LogP) is 8.53. The minimum absolute atomic E-state index is 0.0857. The molecule has 228 valence electrons. The Morgan fingerprint density at radius 3 is 2.35 bits per heavy atom. The van der Waals surface area contributed by atoms with Crippen LogP contribution in [0.25, 0.3) is 10.8 Å². The van der Waals surface area contributed by atoms with Crippen molar-refractivity contribution < 1.29 is 24.5 Å². The fourth-order valence-corrected chi connectivity index (χ4v) is 5.63. The molecule has 1 atom stereocenters. The van der Waals surface area contributed by atoms with Crippen molar-refractivity contribution in [1.29, 1.82) is 0 Å². The maximum Gasteiger partial charge on any atom is 0.161 e. The van der Waals surface area contributed by atoms with Crippen LogP contribution in [0.4, 0.5) is 0 Å². The lowest BCUT2D eigenvalue weighted by atomic mass is 10.00. The number of aliphatic hydroxyl groups excluding tert-OH is 1. The van der Waals surface area contributed by atoms with Gasteiger partial charge in [-0.3, -0.25) is 4.79 Å². The van der Waals surface area contributed by atoms with Crippen molar-refractivity contribution in [2.24, 2.45) is 0 Å². The van der Waals surface area contributed by atoms with E-state index in [1.54, 1.807) is 13.2 Å². The van der Waals surface area contributed by atoms with Crippen LogP contribution in [0.2, 0.25) is 0 Å². The molecule has 43 heavy (non-hydrogen) atoms. The molecule has 0 aliphatic heterocycles. The van der Waals surface area contributed by atoms with Crippen LogP contribution in [0.5, 0.6) is 17.2 Å². The number of ketones is 1. The number of methoxy groups -OCH3 is 1. The number of aliphatic hydroxyl groups is 1. The first-order valence-electron chi connectivity index (χ1n) is 15.7. The molecule has 1 unspecified atom stereocenters. The SMILES string of the molecule is CCc1cc(O)cc2ccc(COc3cc(CCC(=O)CC(O)CCCCCCCc4ccccc4)ccc3OC)cc12. The fraction of sp³-hybridized carbons (Fsp3) is 0.395. The minimum atomic E-state index is -0.564. The van der Waals surface area contributed by atoms with Crippen molar-refractivity contribution >= 4 is 16.6 Å². The van der Waals surface area contributed by atoms with Gasteiger partial charge in [-0.2, -0.15) is 0 Å². The molecule has 0 radical (unpaired) electrons. The smallest absolute Gasteiger partial charge is 0.161 e. The van der Waals surface area contributed by atoms with Gasteiger partial charge in [-0.25, -0.2) is 0 Å². The van der Waals surface area contributed by atoms with Crippen molar-refractivity contribution in [2.75, 3.05) is 7.11 Å². The zero-order chi connectivity index (χ0) is 30.4. The molecule has 0 aliphatic carbocycles. The number of hydrogen-bond donors (Lipinski definition) is 2. The lowest BCUT2D eigenvalue weighted by Crippen LogP contribution is -2.14. The molecule has 0 aromatic heterocycles. The molecule has 0 saturated heterocycles. The Hall–Kier alpha value is -3.83. The zero-order valence-corrected chi connectivity index (χ0v) is 25.7. The maximum absolute atomic E-state index is 12.6. The molecule has 0 heterocycles. The average Bonchev–Trinajstić information content (AvgIpc) is 3.02. The monoisotopic (exact) mass is 582 g/mol. The van der Waals surface area contributed by atoms with Crippen LogP contribution in [-0.4, -0.2) is 29.2 Å². The number of Topliss-reactive ketones (excluding diaryl/α,β-unsaturated/α-hetero) is 1. The lowest BCUT2D eigenvalue weighted by molar-refractivity contribution is -0.121. The first kappa shape index (κ1) is 32.1. The van der Waals surface area contributed by atoms with Crippen molar-refractivity contribution in [2.45, 2.75) is 90.3 Å². The molecular weight excluding hydrogens is 536 g/mol. The Kier molecular flexibility index (Phi) is 12.5. The number of unbranched alkanes of at least 4 members (excludes halogenated alkanes) is 4. The van der Waals surface area contributed by atoms with E-state index >= 15 is 0 Å². The summed E-state index contributed by atoms with van der Waals surface area (Å²) in [7, 11) is 1.62. The van der Waals surface area contributed by atoms with Crippen LogP contribution in [0.1, 0.15) is 80.5 Å². The number of phenolic OH excluding ortho intramolecular Hbond substituents is 1. The fourth-order valence-electron chi connectivity index (χ4n) is 5.63. The van der Waals surface area contributed by atoms with Gasteiger partial charge in [-0.1, -0.05) is 81.1 Å². The van der Waals surface area contributed by atoms with E-state index in [9.17, 15) is 15.0 Å². The van der Waals surface area contributed by atoms with Gasteiger partial charge < -0.3 is 19.7 Å². The summed E-state index contributed by atoms with van der Waals surface area (Å²) in [6, 6.07) is 26.1. The summed E-state index contributed by atoms with van der Waals surface area (Å²) in [6.07, 6.45) is 8.87. The van der Waals surface area contributed by atoms with Gasteiger partial charge in [0.05, 0.1) is 13.2 Å². The number of fused-ring (bicyclic) bond motifs is 1. The van der Waals surface area contributed by atoms with Gasteiger partial charge in [0.15, 0.2) is 11.5 Å². The Bertz CT molecular complexity index is 1450. The van der Waals surface area contributed by atoms with Crippen LogP contribution in [0.15, 0.2) is 78.9 Å². The van der Waals surface area contributed by atoms with Gasteiger partial charge in [0.1, 0.15) is 18.1 Å². The highest BCUT2D eigenvalue weighted by atomic mass is 16.5. The Morgan fingerprint density at radius 1 is 0.791 bits per heavy atom. The molecular formula is C38H46O5. The van der Waals surface area contributed by atoms with Gasteiger partial charge >= 0.3 is 0 Å². The number of benzene rings is 4. The topological polar surface area (TPSA) is 76.0 Å². The number of aryl methyl sites for hydroxylation is 3. The number of phenols is 1. The van der Waals surface area contributed by atoms with Crippen molar-refractivity contribution in [3.05, 3.63) is 101 Å². The van der Waals surface area contributed by atoms with E-state index in [4.69, 9.17) is 9.47 Å².